The molecule has 6 heteroatoms. The second-order valence-corrected chi connectivity index (χ2v) is 5.68. The molecule has 1 saturated heterocycles. The third-order valence-electron chi connectivity index (χ3n) is 3.96. The number of piperidine rings is 1. The number of aromatic nitrogens is 2. The van der Waals surface area contributed by atoms with Gasteiger partial charge in [0.05, 0.1) is 12.1 Å². The van der Waals surface area contributed by atoms with Gasteiger partial charge in [0, 0.05) is 19.3 Å². The van der Waals surface area contributed by atoms with E-state index in [0.29, 0.717) is 6.54 Å². The molecule has 2 heterocycles. The minimum Gasteiger partial charge on any atom is -0.388 e. The van der Waals surface area contributed by atoms with Gasteiger partial charge in [-0.25, -0.2) is 0 Å². The number of primary amides is 1. The minimum atomic E-state index is -0.732. The molecule has 3 N–H and O–H groups in total. The Morgan fingerprint density at radius 1 is 1.50 bits per heavy atom. The number of carbonyl (C=O) groups is 1. The molecule has 112 valence electrons. The highest BCUT2D eigenvalue weighted by Gasteiger charge is 2.32. The Hall–Kier alpha value is -1.40. The number of rotatable bonds is 6. The molecule has 1 aromatic rings. The SMILES string of the molecule is CCCCN1CCC(O)(Cn2ccc(C(N)=O)n2)CC1. The van der Waals surface area contributed by atoms with E-state index in [2.05, 4.69) is 16.9 Å². The number of aliphatic hydroxyl groups is 1. The van der Waals surface area contributed by atoms with Crippen LogP contribution in [0.15, 0.2) is 12.3 Å². The largest absolute Gasteiger partial charge is 0.388 e. The maximum absolute atomic E-state index is 11.0. The van der Waals surface area contributed by atoms with Crippen molar-refractivity contribution in [3.63, 3.8) is 0 Å². The van der Waals surface area contributed by atoms with Crippen LogP contribution in [0.25, 0.3) is 0 Å². The van der Waals surface area contributed by atoms with Gasteiger partial charge in [0.25, 0.3) is 5.91 Å². The second-order valence-electron chi connectivity index (χ2n) is 5.68. The van der Waals surface area contributed by atoms with E-state index in [4.69, 9.17) is 5.73 Å². The van der Waals surface area contributed by atoms with Gasteiger partial charge in [0.1, 0.15) is 5.69 Å². The fraction of sp³-hybridized carbons (Fsp3) is 0.714. The highest BCUT2D eigenvalue weighted by molar-refractivity contribution is 5.90. The van der Waals surface area contributed by atoms with Crippen molar-refractivity contribution in [2.45, 2.75) is 44.8 Å². The third-order valence-corrected chi connectivity index (χ3v) is 3.96. The van der Waals surface area contributed by atoms with E-state index in [9.17, 15) is 9.90 Å². The summed E-state index contributed by atoms with van der Waals surface area (Å²) >= 11 is 0. The van der Waals surface area contributed by atoms with Gasteiger partial charge >= 0.3 is 0 Å². The van der Waals surface area contributed by atoms with Gasteiger partial charge in [-0.3, -0.25) is 9.48 Å². The minimum absolute atomic E-state index is 0.244. The van der Waals surface area contributed by atoms with Crippen LogP contribution in [0.5, 0.6) is 0 Å². The van der Waals surface area contributed by atoms with E-state index in [0.717, 1.165) is 32.5 Å². The molecule has 2 rings (SSSR count). The van der Waals surface area contributed by atoms with Crippen LogP contribution in [-0.4, -0.2) is 50.9 Å². The molecular weight excluding hydrogens is 256 g/mol. The number of hydrogen-bond acceptors (Lipinski definition) is 4. The fourth-order valence-electron chi connectivity index (χ4n) is 2.62. The van der Waals surface area contributed by atoms with Gasteiger partial charge in [0.2, 0.25) is 0 Å². The first-order chi connectivity index (χ1) is 9.52. The van der Waals surface area contributed by atoms with E-state index in [-0.39, 0.29) is 5.69 Å². The third kappa shape index (κ3) is 3.80. The van der Waals surface area contributed by atoms with Crippen LogP contribution >= 0.6 is 0 Å². The van der Waals surface area contributed by atoms with Crippen molar-refractivity contribution >= 4 is 5.91 Å². The van der Waals surface area contributed by atoms with Crippen molar-refractivity contribution in [1.29, 1.82) is 0 Å². The first kappa shape index (κ1) is 15.0. The van der Waals surface area contributed by atoms with Gasteiger partial charge in [-0.15, -0.1) is 0 Å². The predicted octanol–water partition coefficient (Wildman–Crippen LogP) is 0.609. The second kappa shape index (κ2) is 6.37. The number of unbranched alkanes of at least 4 members (excludes halogenated alkanes) is 1. The Morgan fingerprint density at radius 3 is 2.75 bits per heavy atom. The number of nitrogens with two attached hydrogens (primary N) is 1. The maximum atomic E-state index is 11.0. The average molecular weight is 280 g/mol. The van der Waals surface area contributed by atoms with Crippen LogP contribution < -0.4 is 5.73 Å². The summed E-state index contributed by atoms with van der Waals surface area (Å²) in [5, 5.41) is 14.7. The first-order valence-electron chi connectivity index (χ1n) is 7.30. The smallest absolute Gasteiger partial charge is 0.269 e. The Labute approximate surface area is 119 Å². The van der Waals surface area contributed by atoms with Crippen LogP contribution in [0, 0.1) is 0 Å². The van der Waals surface area contributed by atoms with Crippen molar-refractivity contribution in [2.75, 3.05) is 19.6 Å². The zero-order chi connectivity index (χ0) is 14.6. The molecule has 0 atom stereocenters. The lowest BCUT2D eigenvalue weighted by atomic mass is 9.91. The summed E-state index contributed by atoms with van der Waals surface area (Å²) in [6.45, 7) is 5.55. The number of amides is 1. The summed E-state index contributed by atoms with van der Waals surface area (Å²) in [6.07, 6.45) is 5.58. The van der Waals surface area contributed by atoms with E-state index < -0.39 is 11.5 Å². The molecule has 1 fully saturated rings. The summed E-state index contributed by atoms with van der Waals surface area (Å²) in [5.74, 6) is -0.537. The quantitative estimate of drug-likeness (QED) is 0.799. The van der Waals surface area contributed by atoms with Crippen LogP contribution in [0.2, 0.25) is 0 Å². The number of carbonyl (C=O) groups excluding carboxylic acids is 1. The summed E-state index contributed by atoms with van der Waals surface area (Å²) in [4.78, 5) is 13.4. The van der Waals surface area contributed by atoms with Crippen molar-refractivity contribution in [1.82, 2.24) is 14.7 Å². The lowest BCUT2D eigenvalue weighted by Gasteiger charge is -2.38. The van der Waals surface area contributed by atoms with Gasteiger partial charge in [-0.05, 0) is 31.9 Å². The monoisotopic (exact) mass is 280 g/mol. The zero-order valence-corrected chi connectivity index (χ0v) is 12.1. The standard InChI is InChI=1S/C14H24N4O2/c1-2-3-7-17-9-5-14(20,6-10-17)11-18-8-4-12(16-18)13(15)19/h4,8,20H,2-3,5-7,9-11H2,1H3,(H2,15,19). The van der Waals surface area contributed by atoms with Gasteiger partial charge in [0.15, 0.2) is 0 Å². The molecular formula is C14H24N4O2. The molecule has 0 radical (unpaired) electrons. The molecule has 0 aliphatic carbocycles. The molecule has 0 aromatic carbocycles. The van der Waals surface area contributed by atoms with Gasteiger partial charge < -0.3 is 15.7 Å². The van der Waals surface area contributed by atoms with E-state index in [1.54, 1.807) is 16.9 Å². The molecule has 6 nitrogen and oxygen atoms in total. The molecule has 0 spiro atoms. The summed E-state index contributed by atoms with van der Waals surface area (Å²) in [5.41, 5.74) is 4.69. The van der Waals surface area contributed by atoms with Crippen LogP contribution in [-0.2, 0) is 6.54 Å². The molecule has 1 aromatic heterocycles. The Kier molecular flexibility index (Phi) is 4.77. The van der Waals surface area contributed by atoms with Crippen LogP contribution in [0.4, 0.5) is 0 Å². The maximum Gasteiger partial charge on any atom is 0.269 e. The highest BCUT2D eigenvalue weighted by Crippen LogP contribution is 2.24. The topological polar surface area (TPSA) is 84.4 Å². The molecule has 1 aliphatic heterocycles. The Balaban J connectivity index is 1.87. The lowest BCUT2D eigenvalue weighted by Crippen LogP contribution is -2.47. The molecule has 0 saturated carbocycles. The van der Waals surface area contributed by atoms with Gasteiger partial charge in [-0.1, -0.05) is 13.3 Å². The van der Waals surface area contributed by atoms with E-state index >= 15 is 0 Å². The first-order valence-corrected chi connectivity index (χ1v) is 7.30. The van der Waals surface area contributed by atoms with Crippen LogP contribution in [0.3, 0.4) is 0 Å². The van der Waals surface area contributed by atoms with E-state index in [1.165, 1.54) is 12.8 Å². The fourth-order valence-corrected chi connectivity index (χ4v) is 2.62. The van der Waals surface area contributed by atoms with Crippen molar-refractivity contribution in [3.05, 3.63) is 18.0 Å². The van der Waals surface area contributed by atoms with Crippen molar-refractivity contribution < 1.29 is 9.90 Å². The number of likely N-dealkylation sites (tertiary alicyclic amines) is 1. The number of hydrogen-bond donors (Lipinski definition) is 2. The number of nitrogens with zero attached hydrogens (tertiary/aromatic N) is 3. The summed E-state index contributed by atoms with van der Waals surface area (Å²) in [6, 6.07) is 1.59. The Morgan fingerprint density at radius 2 is 2.20 bits per heavy atom. The molecule has 0 bridgehead atoms. The van der Waals surface area contributed by atoms with Crippen LogP contribution in [0.1, 0.15) is 43.1 Å². The molecule has 1 aliphatic rings. The molecule has 1 amide bonds. The lowest BCUT2D eigenvalue weighted by molar-refractivity contribution is -0.0365. The summed E-state index contributed by atoms with van der Waals surface area (Å²) in [7, 11) is 0. The Bertz CT molecular complexity index is 450. The predicted molar refractivity (Wildman–Crippen MR) is 76.3 cm³/mol. The molecule has 0 unspecified atom stereocenters. The summed E-state index contributed by atoms with van der Waals surface area (Å²) < 4.78 is 1.61. The van der Waals surface area contributed by atoms with Crippen molar-refractivity contribution in [2.24, 2.45) is 5.73 Å². The highest BCUT2D eigenvalue weighted by atomic mass is 16.3. The zero-order valence-electron chi connectivity index (χ0n) is 12.1. The van der Waals surface area contributed by atoms with Crippen molar-refractivity contribution in [3.8, 4) is 0 Å². The molecule has 20 heavy (non-hydrogen) atoms. The normalized spacial score (nSPS) is 19.1. The van der Waals surface area contributed by atoms with Gasteiger partial charge in [-0.2, -0.15) is 5.10 Å². The van der Waals surface area contributed by atoms with E-state index in [1.807, 2.05) is 0 Å². The average Bonchev–Trinajstić information content (AvgIpc) is 2.86.